The molecule has 34 heavy (non-hydrogen) atoms. The van der Waals surface area contributed by atoms with Crippen LogP contribution in [0.25, 0.3) is 0 Å². The van der Waals surface area contributed by atoms with Crippen LogP contribution >= 0.6 is 0 Å². The Morgan fingerprint density at radius 2 is 1.97 bits per heavy atom. The maximum absolute atomic E-state index is 14.4. The Bertz CT molecular complexity index is 1070. The van der Waals surface area contributed by atoms with Crippen molar-refractivity contribution in [1.82, 2.24) is 20.2 Å². The van der Waals surface area contributed by atoms with E-state index in [0.29, 0.717) is 0 Å². The van der Waals surface area contributed by atoms with E-state index in [0.717, 1.165) is 35.4 Å². The maximum Gasteiger partial charge on any atom is 0.573 e. The zero-order valence-corrected chi connectivity index (χ0v) is 17.6. The molecule has 0 aliphatic carbocycles. The van der Waals surface area contributed by atoms with E-state index in [2.05, 4.69) is 25.3 Å². The van der Waals surface area contributed by atoms with Gasteiger partial charge in [0.15, 0.2) is 11.5 Å². The van der Waals surface area contributed by atoms with Crippen LogP contribution in [0.3, 0.4) is 0 Å². The fourth-order valence-electron chi connectivity index (χ4n) is 3.31. The van der Waals surface area contributed by atoms with Gasteiger partial charge in [0, 0.05) is 38.2 Å². The van der Waals surface area contributed by atoms with Gasteiger partial charge in [-0.05, 0) is 24.6 Å². The SMILES string of the molecule is CC(=O)NCC1CCC(F)(F)CN1C(=O)c1nc(Nc2cc(OC(F)(F)F)ccn2)ccc1F. The number of hydrogen-bond acceptors (Lipinski definition) is 6. The van der Waals surface area contributed by atoms with Crippen molar-refractivity contribution < 1.29 is 40.7 Å². The number of halogens is 6. The second-order valence-electron chi connectivity index (χ2n) is 7.50. The van der Waals surface area contributed by atoms with Crippen LogP contribution in [0.15, 0.2) is 30.5 Å². The molecule has 2 amide bonds. The summed E-state index contributed by atoms with van der Waals surface area (Å²) in [5.41, 5.74) is -0.779. The van der Waals surface area contributed by atoms with Gasteiger partial charge in [-0.3, -0.25) is 9.59 Å². The number of rotatable bonds is 6. The van der Waals surface area contributed by atoms with Crippen LogP contribution < -0.4 is 15.4 Å². The second kappa shape index (κ2) is 9.73. The first-order chi connectivity index (χ1) is 15.8. The number of aromatic nitrogens is 2. The van der Waals surface area contributed by atoms with Crippen molar-refractivity contribution in [3.63, 3.8) is 0 Å². The van der Waals surface area contributed by atoms with Gasteiger partial charge in [0.2, 0.25) is 5.91 Å². The minimum atomic E-state index is -4.93. The topological polar surface area (TPSA) is 96.5 Å². The predicted molar refractivity (Wildman–Crippen MR) is 106 cm³/mol. The van der Waals surface area contributed by atoms with E-state index in [1.807, 2.05) is 0 Å². The molecule has 0 saturated carbocycles. The summed E-state index contributed by atoms with van der Waals surface area (Å²) in [6, 6.07) is 2.98. The molecule has 0 aromatic carbocycles. The largest absolute Gasteiger partial charge is 0.573 e. The van der Waals surface area contributed by atoms with Crippen molar-refractivity contribution in [3.05, 3.63) is 42.0 Å². The van der Waals surface area contributed by atoms with E-state index in [9.17, 15) is 35.9 Å². The number of carbonyl (C=O) groups excluding carboxylic acids is 2. The summed E-state index contributed by atoms with van der Waals surface area (Å²) < 4.78 is 83.5. The van der Waals surface area contributed by atoms with Crippen LogP contribution in [-0.2, 0) is 4.79 Å². The van der Waals surface area contributed by atoms with E-state index in [4.69, 9.17) is 0 Å². The molecule has 1 aliphatic rings. The number of carbonyl (C=O) groups is 2. The Hall–Kier alpha value is -3.58. The smallest absolute Gasteiger partial charge is 0.406 e. The fraction of sp³-hybridized carbons (Fsp3) is 0.400. The van der Waals surface area contributed by atoms with Gasteiger partial charge in [-0.2, -0.15) is 0 Å². The lowest BCUT2D eigenvalue weighted by Crippen LogP contribution is -2.55. The van der Waals surface area contributed by atoms with Gasteiger partial charge in [0.25, 0.3) is 11.8 Å². The van der Waals surface area contributed by atoms with Gasteiger partial charge in [-0.25, -0.2) is 23.1 Å². The number of alkyl halides is 5. The van der Waals surface area contributed by atoms with Crippen LogP contribution in [0, 0.1) is 5.82 Å². The summed E-state index contributed by atoms with van der Waals surface area (Å²) in [6.45, 7) is 0.128. The van der Waals surface area contributed by atoms with Crippen molar-refractivity contribution in [2.75, 3.05) is 18.4 Å². The van der Waals surface area contributed by atoms with Crippen molar-refractivity contribution >= 4 is 23.5 Å². The standard InChI is InChI=1S/C20H19F6N5O3/c1-11(32)28-9-12-4-6-19(22,23)10-31(12)18(33)17-14(21)2-3-15(30-17)29-16-8-13(5-7-27-16)34-20(24,25)26/h2-3,5,7-8,12H,4,6,9-10H2,1H3,(H,28,32)(H,27,29,30). The number of piperidine rings is 1. The highest BCUT2D eigenvalue weighted by molar-refractivity contribution is 5.93. The zero-order valence-electron chi connectivity index (χ0n) is 17.6. The summed E-state index contributed by atoms with van der Waals surface area (Å²) >= 11 is 0. The molecule has 3 heterocycles. The molecule has 184 valence electrons. The number of likely N-dealkylation sites (tertiary alicyclic amines) is 1. The van der Waals surface area contributed by atoms with Gasteiger partial charge < -0.3 is 20.3 Å². The summed E-state index contributed by atoms with van der Waals surface area (Å²) in [5, 5.41) is 4.97. The Morgan fingerprint density at radius 1 is 1.24 bits per heavy atom. The molecular formula is C20H19F6N5O3. The predicted octanol–water partition coefficient (Wildman–Crippen LogP) is 3.63. The third-order valence-corrected chi connectivity index (χ3v) is 4.80. The molecule has 2 aromatic rings. The Balaban J connectivity index is 1.83. The Kier molecular flexibility index (Phi) is 7.17. The molecular weight excluding hydrogens is 472 g/mol. The lowest BCUT2D eigenvalue weighted by atomic mass is 9.98. The monoisotopic (exact) mass is 491 g/mol. The van der Waals surface area contributed by atoms with Gasteiger partial charge in [0.1, 0.15) is 17.4 Å². The molecule has 8 nitrogen and oxygen atoms in total. The average Bonchev–Trinajstić information content (AvgIpc) is 2.72. The number of hydrogen-bond donors (Lipinski definition) is 2. The number of nitrogens with zero attached hydrogens (tertiary/aromatic N) is 3. The van der Waals surface area contributed by atoms with Gasteiger partial charge in [0.05, 0.1) is 6.54 Å². The fourth-order valence-corrected chi connectivity index (χ4v) is 3.31. The van der Waals surface area contributed by atoms with Crippen molar-refractivity contribution in [3.8, 4) is 5.75 Å². The van der Waals surface area contributed by atoms with E-state index in [1.165, 1.54) is 6.92 Å². The maximum atomic E-state index is 14.4. The van der Waals surface area contributed by atoms with Crippen LogP contribution in [0.5, 0.6) is 5.75 Å². The molecule has 3 rings (SSSR count). The summed E-state index contributed by atoms with van der Waals surface area (Å²) in [6.07, 6.45) is -4.56. The first-order valence-corrected chi connectivity index (χ1v) is 9.91. The van der Waals surface area contributed by atoms with E-state index in [-0.39, 0.29) is 24.6 Å². The first kappa shape index (κ1) is 25.1. The Morgan fingerprint density at radius 3 is 2.65 bits per heavy atom. The first-order valence-electron chi connectivity index (χ1n) is 9.91. The molecule has 2 N–H and O–H groups in total. The molecule has 0 bridgehead atoms. The van der Waals surface area contributed by atoms with Crippen molar-refractivity contribution in [1.29, 1.82) is 0 Å². The second-order valence-corrected chi connectivity index (χ2v) is 7.50. The summed E-state index contributed by atoms with van der Waals surface area (Å²) in [5.74, 6) is -6.78. The van der Waals surface area contributed by atoms with Crippen LogP contribution in [0.4, 0.5) is 38.0 Å². The minimum Gasteiger partial charge on any atom is -0.406 e. The lowest BCUT2D eigenvalue weighted by molar-refractivity contribution is -0.274. The third kappa shape index (κ3) is 6.71. The van der Waals surface area contributed by atoms with Gasteiger partial charge >= 0.3 is 6.36 Å². The third-order valence-electron chi connectivity index (χ3n) is 4.80. The molecule has 1 saturated heterocycles. The highest BCUT2D eigenvalue weighted by Gasteiger charge is 2.43. The normalized spacial score (nSPS) is 17.7. The highest BCUT2D eigenvalue weighted by atomic mass is 19.4. The highest BCUT2D eigenvalue weighted by Crippen LogP contribution is 2.31. The molecule has 14 heteroatoms. The van der Waals surface area contributed by atoms with Crippen molar-refractivity contribution in [2.24, 2.45) is 0 Å². The zero-order chi connectivity index (χ0) is 25.1. The molecule has 1 atom stereocenters. The quantitative estimate of drug-likeness (QED) is 0.600. The molecule has 1 unspecified atom stereocenters. The van der Waals surface area contributed by atoms with Gasteiger partial charge in [-0.15, -0.1) is 13.2 Å². The number of amides is 2. The number of anilines is 2. The Labute approximate surface area is 189 Å². The van der Waals surface area contributed by atoms with Crippen LogP contribution in [0.1, 0.15) is 30.3 Å². The van der Waals surface area contributed by atoms with Crippen LogP contribution in [0.2, 0.25) is 0 Å². The number of ether oxygens (including phenoxy) is 1. The molecule has 0 radical (unpaired) electrons. The minimum absolute atomic E-state index is 0.105. The van der Waals surface area contributed by atoms with E-state index >= 15 is 0 Å². The molecule has 2 aromatic heterocycles. The summed E-state index contributed by atoms with van der Waals surface area (Å²) in [7, 11) is 0. The molecule has 1 aliphatic heterocycles. The van der Waals surface area contributed by atoms with Crippen LogP contribution in [-0.4, -0.2) is 58.1 Å². The number of pyridine rings is 2. The van der Waals surface area contributed by atoms with E-state index < -0.39 is 60.4 Å². The number of nitrogens with one attached hydrogen (secondary N) is 2. The average molecular weight is 491 g/mol. The van der Waals surface area contributed by atoms with E-state index in [1.54, 1.807) is 0 Å². The lowest BCUT2D eigenvalue weighted by Gasteiger charge is -2.39. The molecule has 0 spiro atoms. The molecule has 1 fully saturated rings. The summed E-state index contributed by atoms with van der Waals surface area (Å²) in [4.78, 5) is 32.5. The van der Waals surface area contributed by atoms with Crippen molar-refractivity contribution in [2.45, 2.75) is 38.1 Å². The van der Waals surface area contributed by atoms with Gasteiger partial charge in [-0.1, -0.05) is 0 Å².